The standard InChI is InChI=1S/Al.Fe.K.Mg.V. The summed E-state index contributed by atoms with van der Waals surface area (Å²) < 4.78 is 0. The van der Waals surface area contributed by atoms with E-state index in [1.807, 2.05) is 0 Å². The van der Waals surface area contributed by atoms with Crippen LogP contribution in [-0.4, -0.2) is 91.8 Å². The van der Waals surface area contributed by atoms with Gasteiger partial charge in [-0.1, -0.05) is 0 Å². The van der Waals surface area contributed by atoms with Gasteiger partial charge in [-0.25, -0.2) is 0 Å². The second-order valence-corrected chi connectivity index (χ2v) is 0. The normalized spacial score (nSPS) is 0. The number of rotatable bonds is 0. The van der Waals surface area contributed by atoms with E-state index < -0.39 is 0 Å². The molecular weight excluding hydrogens is 197 g/mol. The Labute approximate surface area is 124 Å². The van der Waals surface area contributed by atoms with Crippen LogP contribution in [0.25, 0.3) is 0 Å². The van der Waals surface area contributed by atoms with E-state index in [2.05, 4.69) is 0 Å². The molecule has 19 valence electrons. The first-order chi connectivity index (χ1) is 0. The molecule has 0 aliphatic carbocycles. The third kappa shape index (κ3) is 18.0. The second-order valence-electron chi connectivity index (χ2n) is 0. The fourth-order valence-electron chi connectivity index (χ4n) is 0. The number of hydrogen-bond donors (Lipinski definition) is 0. The van der Waals surface area contributed by atoms with Crippen LogP contribution in [0.1, 0.15) is 0 Å². The fourth-order valence-corrected chi connectivity index (χ4v) is 0. The minimum atomic E-state index is 0. The first-order valence-corrected chi connectivity index (χ1v) is 0. The maximum atomic E-state index is 0. The first-order valence-electron chi connectivity index (χ1n) is 0. The monoisotopic (exact) mass is 197 g/mol. The summed E-state index contributed by atoms with van der Waals surface area (Å²) in [6, 6.07) is 0. The Hall–Kier alpha value is 4.04. The van der Waals surface area contributed by atoms with Gasteiger partial charge in [0.05, 0.1) is 0 Å². The van der Waals surface area contributed by atoms with Crippen molar-refractivity contribution < 1.29 is 35.6 Å². The Balaban J connectivity index is 0. The van der Waals surface area contributed by atoms with Crippen molar-refractivity contribution in [3.63, 3.8) is 0 Å². The molecule has 5 heavy (non-hydrogen) atoms. The second kappa shape index (κ2) is 24.4. The quantitative estimate of drug-likeness (QED) is 0.430. The molecule has 0 unspecified atom stereocenters. The summed E-state index contributed by atoms with van der Waals surface area (Å²) >= 11 is 0. The van der Waals surface area contributed by atoms with Crippen LogP contribution in [0.5, 0.6) is 0 Å². The molecule has 0 N–H and O–H groups in total. The molecule has 0 saturated carbocycles. The van der Waals surface area contributed by atoms with E-state index in [1.165, 1.54) is 0 Å². The zero-order valence-electron chi connectivity index (χ0n) is 3.09. The molecule has 0 heterocycles. The van der Waals surface area contributed by atoms with Crippen molar-refractivity contribution in [1.29, 1.82) is 0 Å². The van der Waals surface area contributed by atoms with Gasteiger partial charge in [0.1, 0.15) is 0 Å². The van der Waals surface area contributed by atoms with Crippen molar-refractivity contribution in [2.24, 2.45) is 0 Å². The predicted molar refractivity (Wildman–Crippen MR) is 17.3 cm³/mol. The van der Waals surface area contributed by atoms with Gasteiger partial charge in [-0.05, 0) is 0 Å². The summed E-state index contributed by atoms with van der Waals surface area (Å²) in [5.74, 6) is 0. The molecule has 0 atom stereocenters. The van der Waals surface area contributed by atoms with Gasteiger partial charge in [0.25, 0.3) is 0 Å². The Morgan fingerprint density at radius 1 is 1.00 bits per heavy atom. The minimum absolute atomic E-state index is 0. The van der Waals surface area contributed by atoms with Gasteiger partial charge < -0.3 is 0 Å². The molecule has 0 fully saturated rings. The number of hydrogen-bond acceptors (Lipinski definition) is 0. The third-order valence-electron chi connectivity index (χ3n) is 0. The largest absolute Gasteiger partial charge is 0 e. The molecule has 0 aromatic heterocycles. The minimum Gasteiger partial charge on any atom is 0 e. The smallest absolute Gasteiger partial charge is 0 e. The van der Waals surface area contributed by atoms with E-state index in [9.17, 15) is 0 Å². The van der Waals surface area contributed by atoms with Crippen LogP contribution >= 0.6 is 0 Å². The van der Waals surface area contributed by atoms with E-state index in [4.69, 9.17) is 0 Å². The first kappa shape index (κ1) is 35.8. The van der Waals surface area contributed by atoms with E-state index in [1.54, 1.807) is 0 Å². The summed E-state index contributed by atoms with van der Waals surface area (Å²) in [6.45, 7) is 0. The summed E-state index contributed by atoms with van der Waals surface area (Å²) in [6.07, 6.45) is 0. The maximum absolute atomic E-state index is 0. The predicted octanol–water partition coefficient (Wildman–Crippen LogP) is -1.15. The Morgan fingerprint density at radius 2 is 1.00 bits per heavy atom. The van der Waals surface area contributed by atoms with Gasteiger partial charge in [0, 0.05) is 127 Å². The van der Waals surface area contributed by atoms with Gasteiger partial charge in [0.2, 0.25) is 0 Å². The van der Waals surface area contributed by atoms with Crippen LogP contribution in [0.15, 0.2) is 0 Å². The Morgan fingerprint density at radius 3 is 1.00 bits per heavy atom. The summed E-state index contributed by atoms with van der Waals surface area (Å²) in [5.41, 5.74) is 0. The van der Waals surface area contributed by atoms with Gasteiger partial charge in [0.15, 0.2) is 0 Å². The summed E-state index contributed by atoms with van der Waals surface area (Å²) in [7, 11) is 0. The third-order valence-corrected chi connectivity index (χ3v) is 0. The van der Waals surface area contributed by atoms with Gasteiger partial charge in [-0.2, -0.15) is 0 Å². The molecule has 0 aliphatic rings. The molecule has 0 nitrogen and oxygen atoms in total. The van der Waals surface area contributed by atoms with Crippen LogP contribution in [0, 0.1) is 0 Å². The summed E-state index contributed by atoms with van der Waals surface area (Å²) in [4.78, 5) is 0. The zero-order chi connectivity index (χ0) is 0. The van der Waals surface area contributed by atoms with Crippen LogP contribution < -0.4 is 0 Å². The topological polar surface area (TPSA) is 0 Å². The molecule has 0 aromatic rings. The van der Waals surface area contributed by atoms with Crippen molar-refractivity contribution in [2.45, 2.75) is 0 Å². The van der Waals surface area contributed by atoms with Crippen LogP contribution in [-0.2, 0) is 35.6 Å². The maximum Gasteiger partial charge on any atom is 0 e. The van der Waals surface area contributed by atoms with Crippen LogP contribution in [0.3, 0.4) is 0 Å². The van der Waals surface area contributed by atoms with Crippen molar-refractivity contribution in [3.05, 3.63) is 0 Å². The van der Waals surface area contributed by atoms with Gasteiger partial charge >= 0.3 is 0 Å². The van der Waals surface area contributed by atoms with Crippen molar-refractivity contribution in [1.82, 2.24) is 0 Å². The molecule has 0 aliphatic heterocycles. The molecule has 0 spiro atoms. The zero-order valence-corrected chi connectivity index (χ0v) is 11.3. The van der Waals surface area contributed by atoms with Crippen LogP contribution in [0.4, 0.5) is 0 Å². The Bertz CT molecular complexity index is 11.6. The molecule has 0 bridgehead atoms. The molecule has 0 amide bonds. The van der Waals surface area contributed by atoms with Gasteiger partial charge in [-0.15, -0.1) is 0 Å². The molecule has 0 aromatic carbocycles. The SMILES string of the molecule is [Al].[Fe].[K].[Mg].[V]. The van der Waals surface area contributed by atoms with Crippen LogP contribution in [0.2, 0.25) is 0 Å². The van der Waals surface area contributed by atoms with E-state index in [0.29, 0.717) is 0 Å². The summed E-state index contributed by atoms with van der Waals surface area (Å²) in [5, 5.41) is 0. The van der Waals surface area contributed by atoms with Gasteiger partial charge in [-0.3, -0.25) is 0 Å². The molecule has 0 saturated heterocycles. The molecule has 5 heteroatoms. The Kier molecular flexibility index (Phi) is 175. The van der Waals surface area contributed by atoms with Crippen molar-refractivity contribution in [3.8, 4) is 0 Å². The van der Waals surface area contributed by atoms with E-state index >= 15 is 0 Å². The fraction of sp³-hybridized carbons (Fsp3) is 0. The molecule has 0 rings (SSSR count). The van der Waals surface area contributed by atoms with Crippen molar-refractivity contribution in [2.75, 3.05) is 0 Å². The average Bonchev–Trinajstić information content (AvgIpc) is 0. The van der Waals surface area contributed by atoms with E-state index in [-0.39, 0.29) is 127 Å². The van der Waals surface area contributed by atoms with E-state index in [0.717, 1.165) is 0 Å². The molecule has 7 radical (unpaired) electrons. The average molecular weight is 197 g/mol. The molecular formula is AlFeKMgV. The van der Waals surface area contributed by atoms with Crippen molar-refractivity contribution >= 4 is 91.8 Å².